The van der Waals surface area contributed by atoms with Gasteiger partial charge in [0.25, 0.3) is 0 Å². The largest absolute Gasteiger partial charge is 0.396 e. The molecule has 1 N–H and O–H groups in total. The minimum atomic E-state index is 0.396. The lowest BCUT2D eigenvalue weighted by Gasteiger charge is -2.16. The van der Waals surface area contributed by atoms with Gasteiger partial charge in [0.05, 0.1) is 0 Å². The third kappa shape index (κ3) is 11.8. The summed E-state index contributed by atoms with van der Waals surface area (Å²) < 4.78 is 0. The van der Waals surface area contributed by atoms with Crippen molar-refractivity contribution in [2.75, 3.05) is 6.61 Å². The molecule has 1 heteroatoms. The zero-order valence-electron chi connectivity index (χ0n) is 14.7. The molecule has 122 valence electrons. The fourth-order valence-corrected chi connectivity index (χ4v) is 3.03. The third-order valence-corrected chi connectivity index (χ3v) is 4.86. The van der Waals surface area contributed by atoms with Crippen LogP contribution in [0.4, 0.5) is 0 Å². The van der Waals surface area contributed by atoms with Gasteiger partial charge >= 0.3 is 0 Å². The first kappa shape index (κ1) is 20.0. The summed E-state index contributed by atoms with van der Waals surface area (Å²) >= 11 is 0. The van der Waals surface area contributed by atoms with Crippen LogP contribution in [0.3, 0.4) is 0 Å². The third-order valence-electron chi connectivity index (χ3n) is 4.86. The molecule has 0 amide bonds. The summed E-state index contributed by atoms with van der Waals surface area (Å²) in [5, 5.41) is 9.46. The van der Waals surface area contributed by atoms with Crippen LogP contribution in [0.15, 0.2) is 0 Å². The summed E-state index contributed by atoms with van der Waals surface area (Å²) in [5.74, 6) is 2.32. The topological polar surface area (TPSA) is 20.2 Å². The van der Waals surface area contributed by atoms with Crippen LogP contribution in [0, 0.1) is 17.8 Å². The number of aliphatic hydroxyl groups is 1. The van der Waals surface area contributed by atoms with E-state index in [0.717, 1.165) is 11.8 Å². The van der Waals surface area contributed by atoms with Gasteiger partial charge in [-0.25, -0.2) is 0 Å². The first-order valence-corrected chi connectivity index (χ1v) is 9.24. The molecule has 3 unspecified atom stereocenters. The second-order valence-electron chi connectivity index (χ2n) is 7.02. The molecule has 0 aliphatic heterocycles. The zero-order chi connectivity index (χ0) is 15.2. The van der Waals surface area contributed by atoms with Crippen molar-refractivity contribution in [1.82, 2.24) is 0 Å². The highest BCUT2D eigenvalue weighted by Gasteiger charge is 2.08. The summed E-state index contributed by atoms with van der Waals surface area (Å²) in [4.78, 5) is 0. The van der Waals surface area contributed by atoms with Gasteiger partial charge in [0, 0.05) is 6.61 Å². The highest BCUT2D eigenvalue weighted by atomic mass is 16.3. The molecule has 0 bridgehead atoms. The molecule has 0 saturated heterocycles. The molecule has 0 aliphatic carbocycles. The lowest BCUT2D eigenvalue weighted by Crippen LogP contribution is -2.07. The van der Waals surface area contributed by atoms with Crippen LogP contribution < -0.4 is 0 Å². The van der Waals surface area contributed by atoms with Crippen LogP contribution in [0.2, 0.25) is 0 Å². The van der Waals surface area contributed by atoms with Crippen LogP contribution in [-0.4, -0.2) is 11.7 Å². The molecule has 0 spiro atoms. The summed E-state index contributed by atoms with van der Waals surface area (Å²) in [7, 11) is 0. The molecule has 0 aromatic heterocycles. The van der Waals surface area contributed by atoms with Crippen molar-refractivity contribution in [3.05, 3.63) is 0 Å². The van der Waals surface area contributed by atoms with Crippen molar-refractivity contribution in [2.45, 2.75) is 98.3 Å². The van der Waals surface area contributed by atoms with Gasteiger partial charge in [-0.1, -0.05) is 85.5 Å². The molecule has 20 heavy (non-hydrogen) atoms. The lowest BCUT2D eigenvalue weighted by atomic mass is 9.92. The van der Waals surface area contributed by atoms with E-state index in [1.54, 1.807) is 0 Å². The molecule has 3 atom stereocenters. The molecular formula is C19H40O. The Balaban J connectivity index is 3.50. The summed E-state index contributed by atoms with van der Waals surface area (Å²) in [6.45, 7) is 9.67. The van der Waals surface area contributed by atoms with Gasteiger partial charge < -0.3 is 5.11 Å². The Labute approximate surface area is 128 Å². The van der Waals surface area contributed by atoms with E-state index in [4.69, 9.17) is 0 Å². The Morgan fingerprint density at radius 1 is 0.700 bits per heavy atom. The summed E-state index contributed by atoms with van der Waals surface area (Å²) in [5.41, 5.74) is 0. The Hall–Kier alpha value is -0.0400. The predicted molar refractivity (Wildman–Crippen MR) is 91.0 cm³/mol. The van der Waals surface area contributed by atoms with Gasteiger partial charge in [-0.2, -0.15) is 0 Å². The van der Waals surface area contributed by atoms with Gasteiger partial charge in [-0.3, -0.25) is 0 Å². The van der Waals surface area contributed by atoms with Crippen LogP contribution in [0.5, 0.6) is 0 Å². The van der Waals surface area contributed by atoms with E-state index in [2.05, 4.69) is 27.7 Å². The van der Waals surface area contributed by atoms with Crippen LogP contribution in [-0.2, 0) is 0 Å². The Morgan fingerprint density at radius 2 is 1.30 bits per heavy atom. The van der Waals surface area contributed by atoms with Gasteiger partial charge in [0.2, 0.25) is 0 Å². The van der Waals surface area contributed by atoms with E-state index in [-0.39, 0.29) is 0 Å². The second kappa shape index (κ2) is 13.9. The summed E-state index contributed by atoms with van der Waals surface area (Å²) in [6, 6.07) is 0. The van der Waals surface area contributed by atoms with Crippen LogP contribution >= 0.6 is 0 Å². The van der Waals surface area contributed by atoms with Crippen molar-refractivity contribution in [2.24, 2.45) is 17.8 Å². The van der Waals surface area contributed by atoms with Gasteiger partial charge in [0.1, 0.15) is 0 Å². The van der Waals surface area contributed by atoms with Crippen molar-refractivity contribution in [3.63, 3.8) is 0 Å². The SMILES string of the molecule is CCCC(C)CCCCCC(CO)CCCC(C)CC. The highest BCUT2D eigenvalue weighted by Crippen LogP contribution is 2.21. The fourth-order valence-electron chi connectivity index (χ4n) is 3.03. The Kier molecular flexibility index (Phi) is 13.9. The van der Waals surface area contributed by atoms with Crippen molar-refractivity contribution in [1.29, 1.82) is 0 Å². The number of hydrogen-bond acceptors (Lipinski definition) is 1. The smallest absolute Gasteiger partial charge is 0.0459 e. The first-order chi connectivity index (χ1) is 9.63. The average Bonchev–Trinajstić information content (AvgIpc) is 2.45. The molecule has 0 radical (unpaired) electrons. The number of rotatable bonds is 14. The number of aliphatic hydroxyl groups excluding tert-OH is 1. The van der Waals surface area contributed by atoms with Crippen LogP contribution in [0.25, 0.3) is 0 Å². The molecule has 0 aliphatic rings. The Morgan fingerprint density at radius 3 is 1.90 bits per heavy atom. The quantitative estimate of drug-likeness (QED) is 0.377. The molecule has 0 aromatic rings. The molecule has 0 rings (SSSR count). The maximum atomic E-state index is 9.46. The number of hydrogen-bond donors (Lipinski definition) is 1. The van der Waals surface area contributed by atoms with E-state index >= 15 is 0 Å². The van der Waals surface area contributed by atoms with E-state index in [0.29, 0.717) is 12.5 Å². The minimum Gasteiger partial charge on any atom is -0.396 e. The van der Waals surface area contributed by atoms with E-state index < -0.39 is 0 Å². The lowest BCUT2D eigenvalue weighted by molar-refractivity contribution is 0.202. The maximum Gasteiger partial charge on any atom is 0.0459 e. The zero-order valence-corrected chi connectivity index (χ0v) is 14.7. The predicted octanol–water partition coefficient (Wildman–Crippen LogP) is 6.20. The Bertz CT molecular complexity index is 190. The standard InChI is InChI=1S/C19H40O/c1-5-11-18(4)12-8-7-9-14-19(16-20)15-10-13-17(3)6-2/h17-20H,5-16H2,1-4H3. The van der Waals surface area contributed by atoms with Gasteiger partial charge in [0.15, 0.2) is 0 Å². The first-order valence-electron chi connectivity index (χ1n) is 9.24. The summed E-state index contributed by atoms with van der Waals surface area (Å²) in [6.07, 6.45) is 14.5. The molecule has 0 aromatic carbocycles. The van der Waals surface area contributed by atoms with Gasteiger partial charge in [-0.15, -0.1) is 0 Å². The van der Waals surface area contributed by atoms with Gasteiger partial charge in [-0.05, 0) is 30.6 Å². The van der Waals surface area contributed by atoms with Crippen LogP contribution in [0.1, 0.15) is 98.3 Å². The minimum absolute atomic E-state index is 0.396. The van der Waals surface area contributed by atoms with E-state index in [9.17, 15) is 5.11 Å². The maximum absolute atomic E-state index is 9.46. The van der Waals surface area contributed by atoms with E-state index in [1.807, 2.05) is 0 Å². The molecule has 0 heterocycles. The molecule has 0 saturated carbocycles. The normalized spacial score (nSPS) is 16.1. The fraction of sp³-hybridized carbons (Fsp3) is 1.00. The van der Waals surface area contributed by atoms with E-state index in [1.165, 1.54) is 70.6 Å². The second-order valence-corrected chi connectivity index (χ2v) is 7.02. The van der Waals surface area contributed by atoms with Crippen molar-refractivity contribution in [3.8, 4) is 0 Å². The monoisotopic (exact) mass is 284 g/mol. The highest BCUT2D eigenvalue weighted by molar-refractivity contribution is 4.61. The average molecular weight is 285 g/mol. The van der Waals surface area contributed by atoms with Crippen molar-refractivity contribution >= 4 is 0 Å². The molecule has 0 fully saturated rings. The molecule has 1 nitrogen and oxygen atoms in total. The van der Waals surface area contributed by atoms with Crippen molar-refractivity contribution < 1.29 is 5.11 Å². The molecular weight excluding hydrogens is 244 g/mol. The number of unbranched alkanes of at least 4 members (excludes halogenated alkanes) is 2.